The first-order valence-electron chi connectivity index (χ1n) is 4.63. The molecule has 0 aliphatic carbocycles. The Bertz CT molecular complexity index is 473. The summed E-state index contributed by atoms with van der Waals surface area (Å²) in [6, 6.07) is 7.71. The van der Waals surface area contributed by atoms with Gasteiger partial charge in [-0.1, -0.05) is 23.7 Å². The Morgan fingerprint density at radius 1 is 1.31 bits per heavy atom. The third-order valence-electron chi connectivity index (χ3n) is 1.90. The number of nitrogens with zero attached hydrogens (tertiary/aromatic N) is 2. The molecule has 1 aromatic heterocycles. The van der Waals surface area contributed by atoms with E-state index < -0.39 is 0 Å². The maximum absolute atomic E-state index is 6.03. The van der Waals surface area contributed by atoms with E-state index in [-0.39, 0.29) is 0 Å². The Morgan fingerprint density at radius 2 is 2.12 bits per heavy atom. The van der Waals surface area contributed by atoms with Crippen LogP contribution in [0.15, 0.2) is 29.2 Å². The van der Waals surface area contributed by atoms with Gasteiger partial charge in [0, 0.05) is 4.90 Å². The molecule has 1 N–H and O–H groups in total. The lowest BCUT2D eigenvalue weighted by molar-refractivity contribution is 1.00. The Morgan fingerprint density at radius 3 is 2.81 bits per heavy atom. The molecule has 6 heteroatoms. The summed E-state index contributed by atoms with van der Waals surface area (Å²) >= 11 is 13.3. The van der Waals surface area contributed by atoms with E-state index in [0.29, 0.717) is 17.5 Å². The summed E-state index contributed by atoms with van der Waals surface area (Å²) in [5.41, 5.74) is 0. The molecule has 16 heavy (non-hydrogen) atoms. The summed E-state index contributed by atoms with van der Waals surface area (Å²) in [7, 11) is 0. The van der Waals surface area contributed by atoms with E-state index in [4.69, 9.17) is 23.2 Å². The number of alkyl halides is 1. The molecule has 0 amide bonds. The van der Waals surface area contributed by atoms with Crippen molar-refractivity contribution in [2.24, 2.45) is 0 Å². The quantitative estimate of drug-likeness (QED) is 0.685. The van der Waals surface area contributed by atoms with Gasteiger partial charge in [-0.2, -0.15) is 5.10 Å². The summed E-state index contributed by atoms with van der Waals surface area (Å²) < 4.78 is 0. The van der Waals surface area contributed by atoms with Crippen LogP contribution in [-0.2, 0) is 11.6 Å². The van der Waals surface area contributed by atoms with E-state index in [1.807, 2.05) is 24.3 Å². The number of halogens is 2. The number of rotatable bonds is 4. The van der Waals surface area contributed by atoms with Crippen LogP contribution in [0.2, 0.25) is 5.02 Å². The molecular formula is C10H9Cl2N3S. The van der Waals surface area contributed by atoms with Crippen LogP contribution in [0.25, 0.3) is 0 Å². The molecule has 1 heterocycles. The zero-order chi connectivity index (χ0) is 11.4. The lowest BCUT2D eigenvalue weighted by atomic mass is 10.4. The minimum atomic E-state index is 0.327. The maximum atomic E-state index is 6.03. The van der Waals surface area contributed by atoms with Crippen molar-refractivity contribution in [1.82, 2.24) is 15.2 Å². The molecule has 84 valence electrons. The van der Waals surface area contributed by atoms with Crippen LogP contribution in [-0.4, -0.2) is 15.2 Å². The fourth-order valence-corrected chi connectivity index (χ4v) is 2.39. The van der Waals surface area contributed by atoms with E-state index >= 15 is 0 Å². The lowest BCUT2D eigenvalue weighted by Crippen LogP contribution is -1.85. The molecule has 0 saturated heterocycles. The van der Waals surface area contributed by atoms with Gasteiger partial charge in [0.15, 0.2) is 5.82 Å². The van der Waals surface area contributed by atoms with Gasteiger partial charge in [-0.25, -0.2) is 4.98 Å². The van der Waals surface area contributed by atoms with Crippen molar-refractivity contribution < 1.29 is 0 Å². The van der Waals surface area contributed by atoms with Crippen molar-refractivity contribution in [3.05, 3.63) is 40.9 Å². The Labute approximate surface area is 108 Å². The summed E-state index contributed by atoms with van der Waals surface area (Å²) in [6.07, 6.45) is 0. The van der Waals surface area contributed by atoms with Crippen molar-refractivity contribution in [2.45, 2.75) is 16.5 Å². The SMILES string of the molecule is ClCc1n[nH]c(CSc2ccccc2Cl)n1. The third kappa shape index (κ3) is 2.90. The van der Waals surface area contributed by atoms with Gasteiger partial charge in [-0.3, -0.25) is 5.10 Å². The fraction of sp³-hybridized carbons (Fsp3) is 0.200. The summed E-state index contributed by atoms with van der Waals surface area (Å²) in [5, 5.41) is 7.55. The summed E-state index contributed by atoms with van der Waals surface area (Å²) in [4.78, 5) is 5.25. The molecule has 0 saturated carbocycles. The molecule has 2 rings (SSSR count). The number of nitrogens with one attached hydrogen (secondary N) is 1. The van der Waals surface area contributed by atoms with E-state index in [2.05, 4.69) is 15.2 Å². The predicted octanol–water partition coefficient (Wildman–Crippen LogP) is 3.49. The highest BCUT2D eigenvalue weighted by Crippen LogP contribution is 2.28. The smallest absolute Gasteiger partial charge is 0.165 e. The third-order valence-corrected chi connectivity index (χ3v) is 3.66. The van der Waals surface area contributed by atoms with Gasteiger partial charge in [-0.15, -0.1) is 23.4 Å². The minimum Gasteiger partial charge on any atom is -0.262 e. The summed E-state index contributed by atoms with van der Waals surface area (Å²) in [5.74, 6) is 2.46. The molecule has 0 aliphatic heterocycles. The zero-order valence-corrected chi connectivity index (χ0v) is 10.6. The monoisotopic (exact) mass is 273 g/mol. The predicted molar refractivity (Wildman–Crippen MR) is 67.0 cm³/mol. The molecule has 0 aliphatic rings. The highest BCUT2D eigenvalue weighted by molar-refractivity contribution is 7.98. The van der Waals surface area contributed by atoms with Gasteiger partial charge in [0.05, 0.1) is 16.7 Å². The Hall–Kier alpha value is -0.710. The van der Waals surface area contributed by atoms with Crippen molar-refractivity contribution in [1.29, 1.82) is 0 Å². The van der Waals surface area contributed by atoms with Crippen LogP contribution in [0.3, 0.4) is 0 Å². The van der Waals surface area contributed by atoms with E-state index in [0.717, 1.165) is 15.7 Å². The van der Waals surface area contributed by atoms with Gasteiger partial charge in [0.2, 0.25) is 0 Å². The fourth-order valence-electron chi connectivity index (χ4n) is 1.17. The van der Waals surface area contributed by atoms with E-state index in [9.17, 15) is 0 Å². The molecule has 0 spiro atoms. The van der Waals surface area contributed by atoms with Crippen molar-refractivity contribution >= 4 is 35.0 Å². The van der Waals surface area contributed by atoms with Gasteiger partial charge in [-0.05, 0) is 12.1 Å². The number of aromatic amines is 1. The Balaban J connectivity index is 1.99. The van der Waals surface area contributed by atoms with Gasteiger partial charge >= 0.3 is 0 Å². The topological polar surface area (TPSA) is 41.6 Å². The second kappa shape index (κ2) is 5.57. The van der Waals surface area contributed by atoms with Crippen LogP contribution in [0.5, 0.6) is 0 Å². The van der Waals surface area contributed by atoms with Crippen LogP contribution >= 0.6 is 35.0 Å². The number of hydrogen-bond donors (Lipinski definition) is 1. The average Bonchev–Trinajstić information content (AvgIpc) is 2.76. The lowest BCUT2D eigenvalue weighted by Gasteiger charge is -2.00. The largest absolute Gasteiger partial charge is 0.262 e. The first-order valence-corrected chi connectivity index (χ1v) is 6.53. The van der Waals surface area contributed by atoms with Crippen LogP contribution < -0.4 is 0 Å². The minimum absolute atomic E-state index is 0.327. The standard InChI is InChI=1S/C10H9Cl2N3S/c11-5-9-13-10(15-14-9)6-16-8-4-2-1-3-7(8)12/h1-4H,5-6H2,(H,13,14,15). The summed E-state index contributed by atoms with van der Waals surface area (Å²) in [6.45, 7) is 0. The second-order valence-electron chi connectivity index (χ2n) is 3.05. The molecule has 0 atom stereocenters. The molecule has 0 unspecified atom stereocenters. The van der Waals surface area contributed by atoms with E-state index in [1.165, 1.54) is 0 Å². The molecule has 2 aromatic rings. The van der Waals surface area contributed by atoms with Gasteiger partial charge < -0.3 is 0 Å². The van der Waals surface area contributed by atoms with Crippen LogP contribution in [0.4, 0.5) is 0 Å². The normalized spacial score (nSPS) is 10.6. The number of thioether (sulfide) groups is 1. The number of benzene rings is 1. The first kappa shape index (κ1) is 11.8. The van der Waals surface area contributed by atoms with Crippen LogP contribution in [0.1, 0.15) is 11.6 Å². The average molecular weight is 274 g/mol. The molecule has 1 aromatic carbocycles. The highest BCUT2D eigenvalue weighted by Gasteiger charge is 2.04. The molecular weight excluding hydrogens is 265 g/mol. The van der Waals surface area contributed by atoms with Crippen LogP contribution in [0, 0.1) is 0 Å². The van der Waals surface area contributed by atoms with Crippen molar-refractivity contribution in [2.75, 3.05) is 0 Å². The highest BCUT2D eigenvalue weighted by atomic mass is 35.5. The van der Waals surface area contributed by atoms with Gasteiger partial charge in [0.1, 0.15) is 5.82 Å². The van der Waals surface area contributed by atoms with E-state index in [1.54, 1.807) is 11.8 Å². The molecule has 0 bridgehead atoms. The second-order valence-corrected chi connectivity index (χ2v) is 4.74. The molecule has 0 fully saturated rings. The van der Waals surface area contributed by atoms with Crippen molar-refractivity contribution in [3.8, 4) is 0 Å². The zero-order valence-electron chi connectivity index (χ0n) is 8.28. The van der Waals surface area contributed by atoms with Crippen molar-refractivity contribution in [3.63, 3.8) is 0 Å². The maximum Gasteiger partial charge on any atom is 0.165 e. The number of hydrogen-bond acceptors (Lipinski definition) is 3. The number of H-pyrrole nitrogens is 1. The van der Waals surface area contributed by atoms with Gasteiger partial charge in [0.25, 0.3) is 0 Å². The first-order chi connectivity index (χ1) is 7.79. The molecule has 0 radical (unpaired) electrons. The molecule has 3 nitrogen and oxygen atoms in total. The Kier molecular flexibility index (Phi) is 4.09. The number of aromatic nitrogens is 3.